The van der Waals surface area contributed by atoms with Gasteiger partial charge in [0.25, 0.3) is 0 Å². The van der Waals surface area contributed by atoms with Crippen molar-refractivity contribution in [2.75, 3.05) is 0 Å². The fourth-order valence-electron chi connectivity index (χ4n) is 0.457. The number of hydrogen-bond donors (Lipinski definition) is 0. The smallest absolute Gasteiger partial charge is 0.220 e. The monoisotopic (exact) mass is 231 g/mol. The van der Waals surface area contributed by atoms with E-state index < -0.39 is 0 Å². The van der Waals surface area contributed by atoms with Gasteiger partial charge in [0.15, 0.2) is 0 Å². The summed E-state index contributed by atoms with van der Waals surface area (Å²) in [5, 5.41) is 15.6. The van der Waals surface area contributed by atoms with E-state index in [0.717, 1.165) is 0 Å². The quantitative estimate of drug-likeness (QED) is 0.538. The van der Waals surface area contributed by atoms with Crippen LogP contribution < -0.4 is 0 Å². The third-order valence-corrected chi connectivity index (χ3v) is 1.25. The highest BCUT2D eigenvalue weighted by Gasteiger charge is 2.08. The van der Waals surface area contributed by atoms with Gasteiger partial charge in [0.05, 0.1) is 0 Å². The lowest BCUT2D eigenvalue weighted by molar-refractivity contribution is 0.0839. The van der Waals surface area contributed by atoms with E-state index in [1.54, 1.807) is 33.8 Å². The van der Waals surface area contributed by atoms with Gasteiger partial charge in [-0.15, -0.1) is 0 Å². The number of halogens is 1. The van der Waals surface area contributed by atoms with Crippen LogP contribution in [-0.4, -0.2) is 23.1 Å². The van der Waals surface area contributed by atoms with Gasteiger partial charge in [-0.25, -0.2) is 0 Å². The third kappa shape index (κ3) is 6.75. The molecule has 0 aliphatic rings. The van der Waals surface area contributed by atoms with Crippen LogP contribution in [-0.2, 0) is 9.68 Å². The van der Waals surface area contributed by atoms with E-state index in [-0.39, 0.29) is 23.1 Å². The van der Waals surface area contributed by atoms with Crippen LogP contribution in [0.2, 0.25) is 0 Å². The predicted octanol–water partition coefficient (Wildman–Crippen LogP) is 2.27. The van der Waals surface area contributed by atoms with Crippen molar-refractivity contribution >= 4 is 22.5 Å². The van der Waals surface area contributed by atoms with Crippen molar-refractivity contribution in [2.24, 2.45) is 10.3 Å². The van der Waals surface area contributed by atoms with Crippen LogP contribution in [0.1, 0.15) is 27.7 Å². The molecule has 0 heterocycles. The van der Waals surface area contributed by atoms with Gasteiger partial charge >= 0.3 is 0 Å². The van der Waals surface area contributed by atoms with Gasteiger partial charge in [0.2, 0.25) is 10.9 Å². The molecule has 0 aliphatic carbocycles. The Morgan fingerprint density at radius 2 is 1.60 bits per heavy atom. The molecule has 0 bridgehead atoms. The molecule has 0 saturated carbocycles. The molecule has 0 N–H and O–H groups in total. The summed E-state index contributed by atoms with van der Waals surface area (Å²) in [5.41, 5.74) is -0.106. The molecule has 0 unspecified atom stereocenters. The minimum atomic E-state index is -0.121. The zero-order valence-electron chi connectivity index (χ0n) is 9.19. The molecule has 0 aromatic heterocycles. The highest BCUT2D eigenvalue weighted by molar-refractivity contribution is 6.85. The Balaban J connectivity index is 4.48. The van der Waals surface area contributed by atoms with Gasteiger partial charge in [-0.3, -0.25) is 0 Å². The molecular formula is C9H14ClN3O2. The second kappa shape index (κ2) is 7.07. The number of rotatable bonds is 5. The van der Waals surface area contributed by atoms with Crippen molar-refractivity contribution in [3.8, 4) is 6.07 Å². The lowest BCUT2D eigenvalue weighted by Crippen LogP contribution is -2.10. The Labute approximate surface area is 94.3 Å². The molecule has 0 rings (SSSR count). The summed E-state index contributed by atoms with van der Waals surface area (Å²) >= 11 is 5.67. The molecule has 0 spiro atoms. The summed E-state index contributed by atoms with van der Waals surface area (Å²) in [6.45, 7) is 7.16. The normalized spacial score (nSPS) is 12.9. The molecule has 0 atom stereocenters. The summed E-state index contributed by atoms with van der Waals surface area (Å²) in [6.07, 6.45) is -0.228. The van der Waals surface area contributed by atoms with E-state index in [1.165, 1.54) is 0 Å². The van der Waals surface area contributed by atoms with Crippen molar-refractivity contribution in [1.29, 1.82) is 5.26 Å². The molecular weight excluding hydrogens is 218 g/mol. The van der Waals surface area contributed by atoms with Gasteiger partial charge in [-0.2, -0.15) is 5.26 Å². The summed E-state index contributed by atoms with van der Waals surface area (Å²) in [6, 6.07) is 1.76. The Bertz CT molecular complexity index is 292. The van der Waals surface area contributed by atoms with Gasteiger partial charge in [-0.05, 0) is 27.7 Å². The summed E-state index contributed by atoms with van der Waals surface area (Å²) in [7, 11) is 0. The average molecular weight is 232 g/mol. The standard InChI is InChI=1S/C9H14ClN3O2/c1-6(2)14-12-8(5-11)9(10)13-15-7(3)4/h6-7H,1-4H3. The predicted molar refractivity (Wildman–Crippen MR) is 58.8 cm³/mol. The first kappa shape index (κ1) is 13.7. The number of nitrogens with zero attached hydrogens (tertiary/aromatic N) is 3. The number of nitriles is 1. The Kier molecular flexibility index (Phi) is 6.47. The van der Waals surface area contributed by atoms with Gasteiger partial charge < -0.3 is 9.68 Å². The zero-order valence-corrected chi connectivity index (χ0v) is 9.95. The topological polar surface area (TPSA) is 67.0 Å². The van der Waals surface area contributed by atoms with E-state index in [1.807, 2.05) is 0 Å². The molecule has 84 valence electrons. The summed E-state index contributed by atoms with van der Waals surface area (Å²) < 4.78 is 0. The fraction of sp³-hybridized carbons (Fsp3) is 0.667. The molecule has 0 radical (unpaired) electrons. The zero-order chi connectivity index (χ0) is 11.8. The average Bonchev–Trinajstić information content (AvgIpc) is 2.15. The largest absolute Gasteiger partial charge is 0.392 e. The molecule has 0 fully saturated rings. The van der Waals surface area contributed by atoms with Crippen molar-refractivity contribution in [1.82, 2.24) is 0 Å². The van der Waals surface area contributed by atoms with Gasteiger partial charge in [0, 0.05) is 0 Å². The number of oxime groups is 2. The van der Waals surface area contributed by atoms with E-state index in [9.17, 15) is 0 Å². The van der Waals surface area contributed by atoms with E-state index in [4.69, 9.17) is 26.5 Å². The summed E-state index contributed by atoms with van der Waals surface area (Å²) in [4.78, 5) is 9.73. The molecule has 0 aromatic rings. The van der Waals surface area contributed by atoms with Crippen molar-refractivity contribution in [2.45, 2.75) is 39.9 Å². The molecule has 0 aromatic carbocycles. The Morgan fingerprint density at radius 1 is 1.13 bits per heavy atom. The number of hydrogen-bond acceptors (Lipinski definition) is 5. The van der Waals surface area contributed by atoms with Crippen molar-refractivity contribution < 1.29 is 9.68 Å². The SMILES string of the molecule is CC(C)ON=C(Cl)C(C#N)=NOC(C)C. The third-order valence-electron chi connectivity index (χ3n) is 1.000. The van der Waals surface area contributed by atoms with E-state index in [0.29, 0.717) is 0 Å². The maximum absolute atomic E-state index is 8.69. The van der Waals surface area contributed by atoms with Crippen LogP contribution in [0, 0.1) is 11.3 Å². The van der Waals surface area contributed by atoms with Crippen LogP contribution in [0.3, 0.4) is 0 Å². The lowest BCUT2D eigenvalue weighted by Gasteiger charge is -2.03. The van der Waals surface area contributed by atoms with E-state index in [2.05, 4.69) is 10.3 Å². The first-order valence-electron chi connectivity index (χ1n) is 4.51. The van der Waals surface area contributed by atoms with Crippen molar-refractivity contribution in [3.05, 3.63) is 0 Å². The second-order valence-corrected chi connectivity index (χ2v) is 3.60. The maximum atomic E-state index is 8.69. The molecule has 0 saturated heterocycles. The highest BCUT2D eigenvalue weighted by Crippen LogP contribution is 1.98. The van der Waals surface area contributed by atoms with Crippen LogP contribution in [0.25, 0.3) is 0 Å². The van der Waals surface area contributed by atoms with E-state index >= 15 is 0 Å². The summed E-state index contributed by atoms with van der Waals surface area (Å²) in [5.74, 6) is 0. The highest BCUT2D eigenvalue weighted by atomic mass is 35.5. The molecule has 5 nitrogen and oxygen atoms in total. The second-order valence-electron chi connectivity index (χ2n) is 3.24. The Morgan fingerprint density at radius 3 is 2.00 bits per heavy atom. The van der Waals surface area contributed by atoms with Crippen LogP contribution in [0.5, 0.6) is 0 Å². The maximum Gasteiger partial charge on any atom is 0.220 e. The van der Waals surface area contributed by atoms with Crippen molar-refractivity contribution in [3.63, 3.8) is 0 Å². The van der Waals surface area contributed by atoms with Gasteiger partial charge in [0.1, 0.15) is 18.3 Å². The minimum Gasteiger partial charge on any atom is -0.392 e. The molecule has 0 amide bonds. The van der Waals surface area contributed by atoms with Crippen LogP contribution >= 0.6 is 11.6 Å². The van der Waals surface area contributed by atoms with Gasteiger partial charge in [-0.1, -0.05) is 21.9 Å². The first-order valence-corrected chi connectivity index (χ1v) is 4.88. The van der Waals surface area contributed by atoms with Crippen LogP contribution in [0.15, 0.2) is 10.3 Å². The molecule has 6 heteroatoms. The molecule has 15 heavy (non-hydrogen) atoms. The fourth-order valence-corrected chi connectivity index (χ4v) is 0.574. The molecule has 0 aliphatic heterocycles. The first-order chi connectivity index (χ1) is 6.97. The minimum absolute atomic E-state index is 0.106. The van der Waals surface area contributed by atoms with Crippen LogP contribution in [0.4, 0.5) is 0 Å². The Hall–Kier alpha value is -1.28. The lowest BCUT2D eigenvalue weighted by atomic mass is 10.4.